The number of hydrogen-bond acceptors (Lipinski definition) is 4. The van der Waals surface area contributed by atoms with Crippen molar-refractivity contribution in [3.8, 4) is 6.07 Å². The molecule has 0 fully saturated rings. The third-order valence-electron chi connectivity index (χ3n) is 1.68. The molecular formula is C7H5N5O. The van der Waals surface area contributed by atoms with Crippen LogP contribution >= 0.6 is 0 Å². The number of nitrogens with two attached hydrogens (primary N) is 1. The fourth-order valence-electron chi connectivity index (χ4n) is 1.15. The van der Waals surface area contributed by atoms with Crippen LogP contribution in [0.1, 0.15) is 5.56 Å². The van der Waals surface area contributed by atoms with E-state index in [0.29, 0.717) is 5.65 Å². The molecule has 2 aromatic heterocycles. The lowest BCUT2D eigenvalue weighted by Gasteiger charge is -1.91. The largest absolute Gasteiger partial charge is 0.369 e. The van der Waals surface area contributed by atoms with Gasteiger partial charge in [-0.1, -0.05) is 0 Å². The minimum atomic E-state index is -0.402. The van der Waals surface area contributed by atoms with Gasteiger partial charge in [-0.15, -0.1) is 0 Å². The van der Waals surface area contributed by atoms with Crippen molar-refractivity contribution in [1.29, 1.82) is 5.26 Å². The van der Waals surface area contributed by atoms with Crippen molar-refractivity contribution >= 4 is 17.0 Å². The molecule has 0 spiro atoms. The lowest BCUT2D eigenvalue weighted by atomic mass is 10.3. The molecule has 0 amide bonds. The molecule has 0 saturated heterocycles. The van der Waals surface area contributed by atoms with Crippen LogP contribution in [0.15, 0.2) is 11.0 Å². The smallest absolute Gasteiger partial charge is 0.263 e. The first kappa shape index (κ1) is 7.36. The van der Waals surface area contributed by atoms with Gasteiger partial charge in [-0.05, 0) is 0 Å². The van der Waals surface area contributed by atoms with Crippen LogP contribution < -0.4 is 11.3 Å². The number of hydrogen-bond donors (Lipinski definition) is 3. The standard InChI is InChI=1S/C7H5N5O/c8-1-3-2-10-5-4(3)6(13)12-7(9)11-5/h2H,(H4,9,10,11,12,13). The summed E-state index contributed by atoms with van der Waals surface area (Å²) in [6.45, 7) is 0. The Morgan fingerprint density at radius 3 is 3.08 bits per heavy atom. The Morgan fingerprint density at radius 2 is 2.38 bits per heavy atom. The molecule has 13 heavy (non-hydrogen) atoms. The molecule has 0 saturated carbocycles. The molecule has 2 aromatic rings. The number of H-pyrrole nitrogens is 2. The van der Waals surface area contributed by atoms with E-state index < -0.39 is 5.56 Å². The first-order valence-electron chi connectivity index (χ1n) is 3.49. The molecule has 0 bridgehead atoms. The Labute approximate surface area is 72.0 Å². The normalized spacial score (nSPS) is 10.1. The topological polar surface area (TPSA) is 111 Å². The van der Waals surface area contributed by atoms with Crippen LogP contribution in [0.25, 0.3) is 11.0 Å². The van der Waals surface area contributed by atoms with Gasteiger partial charge in [0.15, 0.2) is 0 Å². The Bertz CT molecular complexity index is 558. The fourth-order valence-corrected chi connectivity index (χ4v) is 1.15. The summed E-state index contributed by atoms with van der Waals surface area (Å²) >= 11 is 0. The number of nitrogens with zero attached hydrogens (tertiary/aromatic N) is 2. The number of aromatic nitrogens is 3. The molecule has 64 valence electrons. The minimum Gasteiger partial charge on any atom is -0.369 e. The quantitative estimate of drug-likeness (QED) is 0.510. The molecule has 6 heteroatoms. The van der Waals surface area contributed by atoms with Crippen LogP contribution in [0.4, 0.5) is 5.95 Å². The SMILES string of the molecule is N#Cc1c[nH]c2nc(N)[nH]c(=O)c12. The van der Waals surface area contributed by atoms with Gasteiger partial charge in [0.2, 0.25) is 5.95 Å². The lowest BCUT2D eigenvalue weighted by molar-refractivity contribution is 1.17. The minimum absolute atomic E-state index is 0.0313. The van der Waals surface area contributed by atoms with E-state index in [1.54, 1.807) is 0 Å². The van der Waals surface area contributed by atoms with Crippen LogP contribution in [0.3, 0.4) is 0 Å². The number of fused-ring (bicyclic) bond motifs is 1. The highest BCUT2D eigenvalue weighted by molar-refractivity contribution is 5.82. The molecule has 6 nitrogen and oxygen atoms in total. The van der Waals surface area contributed by atoms with Crippen molar-refractivity contribution in [3.05, 3.63) is 22.1 Å². The van der Waals surface area contributed by atoms with Crippen LogP contribution in [0.2, 0.25) is 0 Å². The van der Waals surface area contributed by atoms with Crippen LogP contribution in [-0.2, 0) is 0 Å². The predicted octanol–water partition coefficient (Wildman–Crippen LogP) is -0.295. The van der Waals surface area contributed by atoms with Gasteiger partial charge in [0.05, 0.1) is 5.56 Å². The van der Waals surface area contributed by atoms with E-state index in [2.05, 4.69) is 15.0 Å². The number of nitrogens with one attached hydrogen (secondary N) is 2. The molecule has 0 aromatic carbocycles. The molecule has 0 aliphatic heterocycles. The molecule has 2 heterocycles. The van der Waals surface area contributed by atoms with E-state index in [9.17, 15) is 4.79 Å². The summed E-state index contributed by atoms with van der Waals surface area (Å²) < 4.78 is 0. The maximum absolute atomic E-state index is 11.3. The maximum atomic E-state index is 11.3. The summed E-state index contributed by atoms with van der Waals surface area (Å²) in [5.74, 6) is 0.0313. The summed E-state index contributed by atoms with van der Waals surface area (Å²) in [5.41, 5.74) is 5.50. The van der Waals surface area contributed by atoms with E-state index in [1.165, 1.54) is 6.20 Å². The van der Waals surface area contributed by atoms with Crippen molar-refractivity contribution in [1.82, 2.24) is 15.0 Å². The van der Waals surface area contributed by atoms with Gasteiger partial charge in [0.1, 0.15) is 17.1 Å². The van der Waals surface area contributed by atoms with Crippen molar-refractivity contribution in [2.24, 2.45) is 0 Å². The van der Waals surface area contributed by atoms with Gasteiger partial charge in [-0.2, -0.15) is 10.2 Å². The Morgan fingerprint density at radius 1 is 1.62 bits per heavy atom. The Balaban J connectivity index is 3.01. The highest BCUT2D eigenvalue weighted by Crippen LogP contribution is 2.10. The number of nitriles is 1. The van der Waals surface area contributed by atoms with E-state index in [-0.39, 0.29) is 16.9 Å². The summed E-state index contributed by atoms with van der Waals surface area (Å²) in [6.07, 6.45) is 1.42. The van der Waals surface area contributed by atoms with Gasteiger partial charge in [0.25, 0.3) is 5.56 Å². The number of nitrogen functional groups attached to an aromatic ring is 1. The van der Waals surface area contributed by atoms with E-state index in [1.807, 2.05) is 6.07 Å². The maximum Gasteiger partial charge on any atom is 0.263 e. The average Bonchev–Trinajstić information content (AvgIpc) is 2.47. The monoisotopic (exact) mass is 175 g/mol. The van der Waals surface area contributed by atoms with Crippen molar-refractivity contribution in [3.63, 3.8) is 0 Å². The highest BCUT2D eigenvalue weighted by Gasteiger charge is 2.08. The molecule has 2 rings (SSSR count). The van der Waals surface area contributed by atoms with E-state index in [0.717, 1.165) is 0 Å². The molecule has 0 aliphatic rings. The third-order valence-corrected chi connectivity index (χ3v) is 1.68. The van der Waals surface area contributed by atoms with E-state index in [4.69, 9.17) is 11.0 Å². The van der Waals surface area contributed by atoms with E-state index >= 15 is 0 Å². The zero-order valence-corrected chi connectivity index (χ0v) is 6.46. The van der Waals surface area contributed by atoms with Crippen LogP contribution in [0, 0.1) is 11.3 Å². The average molecular weight is 175 g/mol. The second-order valence-electron chi connectivity index (χ2n) is 2.49. The van der Waals surface area contributed by atoms with Gasteiger partial charge in [-0.3, -0.25) is 9.78 Å². The van der Waals surface area contributed by atoms with Crippen molar-refractivity contribution < 1.29 is 0 Å². The fraction of sp³-hybridized carbons (Fsp3) is 0. The Hall–Kier alpha value is -2.29. The van der Waals surface area contributed by atoms with Crippen LogP contribution in [-0.4, -0.2) is 15.0 Å². The van der Waals surface area contributed by atoms with Crippen molar-refractivity contribution in [2.75, 3.05) is 5.73 Å². The molecule has 0 radical (unpaired) electrons. The molecular weight excluding hydrogens is 170 g/mol. The van der Waals surface area contributed by atoms with Crippen molar-refractivity contribution in [2.45, 2.75) is 0 Å². The number of aromatic amines is 2. The predicted molar refractivity (Wildman–Crippen MR) is 45.8 cm³/mol. The first-order valence-corrected chi connectivity index (χ1v) is 3.49. The molecule has 0 atom stereocenters. The Kier molecular flexibility index (Phi) is 1.33. The number of anilines is 1. The third kappa shape index (κ3) is 0.945. The van der Waals surface area contributed by atoms with Gasteiger partial charge < -0.3 is 10.7 Å². The van der Waals surface area contributed by atoms with Gasteiger partial charge in [-0.25, -0.2) is 0 Å². The van der Waals surface area contributed by atoms with Crippen LogP contribution in [0.5, 0.6) is 0 Å². The van der Waals surface area contributed by atoms with Gasteiger partial charge in [0, 0.05) is 6.20 Å². The summed E-state index contributed by atoms with van der Waals surface area (Å²) in [4.78, 5) is 20.1. The molecule has 4 N–H and O–H groups in total. The molecule has 0 aliphatic carbocycles. The second kappa shape index (κ2) is 2.35. The number of rotatable bonds is 0. The summed E-state index contributed by atoms with van der Waals surface area (Å²) in [6, 6.07) is 1.88. The molecule has 0 unspecified atom stereocenters. The zero-order valence-electron chi connectivity index (χ0n) is 6.46. The highest BCUT2D eigenvalue weighted by atomic mass is 16.1. The summed E-state index contributed by atoms with van der Waals surface area (Å²) in [7, 11) is 0. The summed E-state index contributed by atoms with van der Waals surface area (Å²) in [5, 5.41) is 8.88. The zero-order chi connectivity index (χ0) is 9.42. The van der Waals surface area contributed by atoms with Gasteiger partial charge >= 0.3 is 0 Å². The lowest BCUT2D eigenvalue weighted by Crippen LogP contribution is -2.10. The second-order valence-corrected chi connectivity index (χ2v) is 2.49. The first-order chi connectivity index (χ1) is 6.22.